The Morgan fingerprint density at radius 3 is 2.57 bits per heavy atom. The van der Waals surface area contributed by atoms with Crippen LogP contribution in [0.25, 0.3) is 0 Å². The van der Waals surface area contributed by atoms with E-state index in [-0.39, 0.29) is 17.7 Å². The van der Waals surface area contributed by atoms with Crippen LogP contribution in [0, 0.1) is 5.92 Å². The molecule has 0 bridgehead atoms. The average Bonchev–Trinajstić information content (AvgIpc) is 2.92. The minimum absolute atomic E-state index is 0.242. The Morgan fingerprint density at radius 2 is 2.00 bits per heavy atom. The first-order valence-electron chi connectivity index (χ1n) is 7.93. The van der Waals surface area contributed by atoms with Crippen LogP contribution in [0.3, 0.4) is 0 Å². The van der Waals surface area contributed by atoms with Crippen LogP contribution in [0.4, 0.5) is 0 Å². The van der Waals surface area contributed by atoms with Crippen molar-refractivity contribution in [1.82, 2.24) is 10.6 Å². The van der Waals surface area contributed by atoms with E-state index in [4.69, 9.17) is 4.74 Å². The molecule has 1 fully saturated rings. The molecular formula is C17H24N2O4. The predicted molar refractivity (Wildman–Crippen MR) is 85.7 cm³/mol. The lowest BCUT2D eigenvalue weighted by Gasteiger charge is -2.23. The Labute approximate surface area is 136 Å². The quantitative estimate of drug-likeness (QED) is 0.731. The number of aliphatic hydroxyl groups excluding tert-OH is 1. The summed E-state index contributed by atoms with van der Waals surface area (Å²) in [4.78, 5) is 24.7. The van der Waals surface area contributed by atoms with Crippen LogP contribution in [0.15, 0.2) is 30.3 Å². The van der Waals surface area contributed by atoms with E-state index in [9.17, 15) is 14.7 Å². The fourth-order valence-corrected chi connectivity index (χ4v) is 2.54. The van der Waals surface area contributed by atoms with Crippen molar-refractivity contribution in [2.24, 2.45) is 5.92 Å². The minimum atomic E-state index is -0.983. The molecule has 126 valence electrons. The lowest BCUT2D eigenvalue weighted by atomic mass is 10.0. The molecule has 0 aromatic heterocycles. The molecule has 2 amide bonds. The Balaban J connectivity index is 2.01. The van der Waals surface area contributed by atoms with Crippen molar-refractivity contribution in [3.8, 4) is 0 Å². The first-order chi connectivity index (χ1) is 11.0. The molecule has 0 saturated carbocycles. The first kappa shape index (κ1) is 17.4. The van der Waals surface area contributed by atoms with Gasteiger partial charge in [0.2, 0.25) is 5.91 Å². The highest BCUT2D eigenvalue weighted by Crippen LogP contribution is 2.12. The van der Waals surface area contributed by atoms with Gasteiger partial charge in [-0.05, 0) is 30.9 Å². The SMILES string of the molecule is CC(C)CC(NC(=O)c1ccccc1)C(=O)NC1CCOC1O. The first-order valence-corrected chi connectivity index (χ1v) is 7.93. The molecule has 2 rings (SSSR count). The summed E-state index contributed by atoms with van der Waals surface area (Å²) >= 11 is 0. The maximum atomic E-state index is 12.5. The van der Waals surface area contributed by atoms with Crippen LogP contribution in [0.2, 0.25) is 0 Å². The molecule has 6 nitrogen and oxygen atoms in total. The molecular weight excluding hydrogens is 296 g/mol. The summed E-state index contributed by atoms with van der Waals surface area (Å²) in [6, 6.07) is 7.72. The molecule has 1 saturated heterocycles. The van der Waals surface area contributed by atoms with Crippen molar-refractivity contribution in [3.63, 3.8) is 0 Å². The summed E-state index contributed by atoms with van der Waals surface area (Å²) in [6.45, 7) is 4.39. The summed E-state index contributed by atoms with van der Waals surface area (Å²) in [7, 11) is 0. The monoisotopic (exact) mass is 320 g/mol. The third kappa shape index (κ3) is 5.04. The number of carbonyl (C=O) groups excluding carboxylic acids is 2. The number of hydrogen-bond donors (Lipinski definition) is 3. The molecule has 1 aliphatic rings. The maximum absolute atomic E-state index is 12.5. The third-order valence-corrected chi connectivity index (χ3v) is 3.75. The second-order valence-electron chi connectivity index (χ2n) is 6.19. The molecule has 1 aromatic rings. The maximum Gasteiger partial charge on any atom is 0.251 e. The van der Waals surface area contributed by atoms with Crippen LogP contribution in [-0.2, 0) is 9.53 Å². The number of hydrogen-bond acceptors (Lipinski definition) is 4. The van der Waals surface area contributed by atoms with E-state index in [2.05, 4.69) is 10.6 Å². The smallest absolute Gasteiger partial charge is 0.251 e. The van der Waals surface area contributed by atoms with Crippen molar-refractivity contribution in [1.29, 1.82) is 0 Å². The number of ether oxygens (including phenoxy) is 1. The topological polar surface area (TPSA) is 87.7 Å². The van der Waals surface area contributed by atoms with Crippen molar-refractivity contribution in [2.75, 3.05) is 6.61 Å². The van der Waals surface area contributed by atoms with Crippen LogP contribution < -0.4 is 10.6 Å². The van der Waals surface area contributed by atoms with Crippen molar-refractivity contribution in [3.05, 3.63) is 35.9 Å². The lowest BCUT2D eigenvalue weighted by Crippen LogP contribution is -2.51. The molecule has 1 aliphatic heterocycles. The fourth-order valence-electron chi connectivity index (χ4n) is 2.54. The third-order valence-electron chi connectivity index (χ3n) is 3.75. The van der Waals surface area contributed by atoms with Crippen molar-refractivity contribution < 1.29 is 19.4 Å². The van der Waals surface area contributed by atoms with E-state index >= 15 is 0 Å². The van der Waals surface area contributed by atoms with Gasteiger partial charge in [-0.3, -0.25) is 9.59 Å². The Hall–Kier alpha value is -1.92. The van der Waals surface area contributed by atoms with Gasteiger partial charge in [-0.15, -0.1) is 0 Å². The number of amides is 2. The molecule has 6 heteroatoms. The lowest BCUT2D eigenvalue weighted by molar-refractivity contribution is -0.127. The number of nitrogens with one attached hydrogen (secondary N) is 2. The van der Waals surface area contributed by atoms with E-state index in [1.807, 2.05) is 19.9 Å². The van der Waals surface area contributed by atoms with Crippen molar-refractivity contribution in [2.45, 2.75) is 45.1 Å². The largest absolute Gasteiger partial charge is 0.366 e. The van der Waals surface area contributed by atoms with Gasteiger partial charge in [-0.25, -0.2) is 0 Å². The van der Waals surface area contributed by atoms with E-state index < -0.39 is 18.4 Å². The van der Waals surface area contributed by atoms with Crippen LogP contribution >= 0.6 is 0 Å². The zero-order valence-electron chi connectivity index (χ0n) is 13.5. The number of rotatable bonds is 6. The molecule has 3 unspecified atom stereocenters. The minimum Gasteiger partial charge on any atom is -0.366 e. The molecule has 1 heterocycles. The predicted octanol–water partition coefficient (Wildman–Crippen LogP) is 1.05. The van der Waals surface area contributed by atoms with Gasteiger partial charge in [0, 0.05) is 5.56 Å². The van der Waals surface area contributed by atoms with Gasteiger partial charge in [-0.2, -0.15) is 0 Å². The molecule has 1 aromatic carbocycles. The molecule has 23 heavy (non-hydrogen) atoms. The molecule has 0 radical (unpaired) electrons. The normalized spacial score (nSPS) is 21.9. The van der Waals surface area contributed by atoms with Crippen LogP contribution in [-0.4, -0.2) is 41.9 Å². The standard InChI is InChI=1S/C17H24N2O4/c1-11(2)10-14(16(21)18-13-8-9-23-17(13)22)19-15(20)12-6-4-3-5-7-12/h3-7,11,13-14,17,22H,8-10H2,1-2H3,(H,18,21)(H,19,20). The van der Waals surface area contributed by atoms with Gasteiger partial charge < -0.3 is 20.5 Å². The van der Waals surface area contributed by atoms with E-state index in [1.165, 1.54) is 0 Å². The number of benzene rings is 1. The summed E-state index contributed by atoms with van der Waals surface area (Å²) < 4.78 is 5.03. The highest BCUT2D eigenvalue weighted by molar-refractivity contribution is 5.97. The van der Waals surface area contributed by atoms with E-state index in [0.717, 1.165) is 0 Å². The zero-order valence-corrected chi connectivity index (χ0v) is 13.5. The summed E-state index contributed by atoms with van der Waals surface area (Å²) in [5.74, 6) is -0.335. The fraction of sp³-hybridized carbons (Fsp3) is 0.529. The number of aliphatic hydroxyl groups is 1. The van der Waals surface area contributed by atoms with Crippen LogP contribution in [0.5, 0.6) is 0 Å². The van der Waals surface area contributed by atoms with Gasteiger partial charge in [0.25, 0.3) is 5.91 Å². The Kier molecular flexibility index (Phi) is 6.12. The molecule has 0 spiro atoms. The van der Waals surface area contributed by atoms with Gasteiger partial charge >= 0.3 is 0 Å². The highest BCUT2D eigenvalue weighted by Gasteiger charge is 2.31. The Bertz CT molecular complexity index is 533. The second-order valence-corrected chi connectivity index (χ2v) is 6.19. The van der Waals surface area contributed by atoms with E-state index in [1.54, 1.807) is 24.3 Å². The zero-order chi connectivity index (χ0) is 16.8. The van der Waals surface area contributed by atoms with Gasteiger partial charge in [-0.1, -0.05) is 32.0 Å². The Morgan fingerprint density at radius 1 is 1.30 bits per heavy atom. The summed E-state index contributed by atoms with van der Waals surface area (Å²) in [6.07, 6.45) is 0.102. The molecule has 3 atom stereocenters. The van der Waals surface area contributed by atoms with Gasteiger partial charge in [0.1, 0.15) is 6.04 Å². The average molecular weight is 320 g/mol. The molecule has 3 N–H and O–H groups in total. The summed E-state index contributed by atoms with van der Waals surface area (Å²) in [5.41, 5.74) is 0.512. The second kappa shape index (κ2) is 8.08. The summed E-state index contributed by atoms with van der Waals surface area (Å²) in [5, 5.41) is 15.2. The van der Waals surface area contributed by atoms with Gasteiger partial charge in [0.15, 0.2) is 6.29 Å². The number of carbonyl (C=O) groups is 2. The van der Waals surface area contributed by atoms with E-state index in [0.29, 0.717) is 25.0 Å². The molecule has 0 aliphatic carbocycles. The highest BCUT2D eigenvalue weighted by atomic mass is 16.6. The van der Waals surface area contributed by atoms with Crippen LogP contribution in [0.1, 0.15) is 37.0 Å². The van der Waals surface area contributed by atoms with Crippen molar-refractivity contribution >= 4 is 11.8 Å². The van der Waals surface area contributed by atoms with Gasteiger partial charge in [0.05, 0.1) is 12.6 Å².